The monoisotopic (exact) mass is 464 g/mol. The van der Waals surface area contributed by atoms with Crippen LogP contribution in [-0.2, 0) is 13.0 Å². The maximum Gasteiger partial charge on any atom is 0.191 e. The SMILES string of the molecule is CN=C(NCCc1ccc(Cl)cc1)NCc1nc(C)c(C)s1.I. The quantitative estimate of drug-likeness (QED) is 0.400. The number of halogens is 2. The summed E-state index contributed by atoms with van der Waals surface area (Å²) >= 11 is 7.60. The average Bonchev–Trinajstić information content (AvgIpc) is 2.83. The molecular weight excluding hydrogens is 443 g/mol. The van der Waals surface area contributed by atoms with Crippen LogP contribution in [0.1, 0.15) is 21.1 Å². The highest BCUT2D eigenvalue weighted by molar-refractivity contribution is 14.0. The van der Waals surface area contributed by atoms with Gasteiger partial charge >= 0.3 is 0 Å². The smallest absolute Gasteiger partial charge is 0.191 e. The Balaban J connectivity index is 0.00000264. The molecule has 2 N–H and O–H groups in total. The van der Waals surface area contributed by atoms with E-state index in [0.717, 1.165) is 34.6 Å². The Bertz CT molecular complexity index is 621. The van der Waals surface area contributed by atoms with Crippen molar-refractivity contribution in [1.29, 1.82) is 0 Å². The zero-order valence-corrected chi connectivity index (χ0v) is 17.4. The van der Waals surface area contributed by atoms with Crippen LogP contribution in [0.5, 0.6) is 0 Å². The van der Waals surface area contributed by atoms with Gasteiger partial charge in [0.25, 0.3) is 0 Å². The Hall–Kier alpha value is -0.860. The van der Waals surface area contributed by atoms with Gasteiger partial charge in [0.2, 0.25) is 0 Å². The first-order chi connectivity index (χ1) is 10.6. The highest BCUT2D eigenvalue weighted by atomic mass is 127. The van der Waals surface area contributed by atoms with Crippen molar-refractivity contribution in [2.75, 3.05) is 13.6 Å². The van der Waals surface area contributed by atoms with Crippen LogP contribution in [0.4, 0.5) is 0 Å². The first-order valence-corrected chi connectivity index (χ1v) is 8.40. The Morgan fingerprint density at radius 1 is 1.22 bits per heavy atom. The highest BCUT2D eigenvalue weighted by Gasteiger charge is 2.04. The van der Waals surface area contributed by atoms with Crippen LogP contribution < -0.4 is 10.6 Å². The fourth-order valence-corrected chi connectivity index (χ4v) is 2.97. The summed E-state index contributed by atoms with van der Waals surface area (Å²) in [4.78, 5) is 10.0. The topological polar surface area (TPSA) is 49.3 Å². The van der Waals surface area contributed by atoms with Crippen LogP contribution in [0, 0.1) is 13.8 Å². The molecule has 0 radical (unpaired) electrons. The molecule has 1 heterocycles. The number of hydrogen-bond donors (Lipinski definition) is 2. The lowest BCUT2D eigenvalue weighted by Crippen LogP contribution is -2.37. The molecule has 126 valence electrons. The van der Waals surface area contributed by atoms with Crippen LogP contribution >= 0.6 is 46.9 Å². The van der Waals surface area contributed by atoms with E-state index in [1.54, 1.807) is 18.4 Å². The number of hydrogen-bond acceptors (Lipinski definition) is 3. The van der Waals surface area contributed by atoms with Crippen molar-refractivity contribution >= 4 is 52.9 Å². The molecule has 0 aliphatic heterocycles. The normalized spacial score (nSPS) is 11.0. The summed E-state index contributed by atoms with van der Waals surface area (Å²) in [6.45, 7) is 5.64. The van der Waals surface area contributed by atoms with Crippen molar-refractivity contribution < 1.29 is 0 Å². The van der Waals surface area contributed by atoms with Gasteiger partial charge in [-0.3, -0.25) is 4.99 Å². The van der Waals surface area contributed by atoms with E-state index in [4.69, 9.17) is 11.6 Å². The molecule has 1 aromatic heterocycles. The van der Waals surface area contributed by atoms with Gasteiger partial charge in [-0.15, -0.1) is 35.3 Å². The van der Waals surface area contributed by atoms with E-state index in [-0.39, 0.29) is 24.0 Å². The number of nitrogens with one attached hydrogen (secondary N) is 2. The van der Waals surface area contributed by atoms with E-state index >= 15 is 0 Å². The Kier molecular flexibility index (Phi) is 8.86. The molecule has 0 saturated carbocycles. The molecule has 0 aliphatic carbocycles. The molecule has 2 aromatic rings. The van der Waals surface area contributed by atoms with Crippen LogP contribution in [-0.4, -0.2) is 24.5 Å². The number of thiazole rings is 1. The number of rotatable bonds is 5. The zero-order valence-electron chi connectivity index (χ0n) is 13.5. The molecule has 4 nitrogen and oxygen atoms in total. The highest BCUT2D eigenvalue weighted by Crippen LogP contribution is 2.15. The second kappa shape index (κ2) is 10.1. The fourth-order valence-electron chi connectivity index (χ4n) is 1.97. The number of aliphatic imine (C=N–C) groups is 1. The summed E-state index contributed by atoms with van der Waals surface area (Å²) in [5.41, 5.74) is 2.35. The van der Waals surface area contributed by atoms with E-state index in [1.165, 1.54) is 10.4 Å². The Labute approximate surface area is 163 Å². The van der Waals surface area contributed by atoms with Crippen LogP contribution in [0.3, 0.4) is 0 Å². The van der Waals surface area contributed by atoms with Gasteiger partial charge in [0.1, 0.15) is 5.01 Å². The van der Waals surface area contributed by atoms with Crippen molar-refractivity contribution in [3.8, 4) is 0 Å². The third-order valence-corrected chi connectivity index (χ3v) is 4.65. The predicted octanol–water partition coefficient (Wildman–Crippen LogP) is 3.94. The van der Waals surface area contributed by atoms with E-state index in [0.29, 0.717) is 6.54 Å². The van der Waals surface area contributed by atoms with Gasteiger partial charge in [0.05, 0.1) is 12.2 Å². The summed E-state index contributed by atoms with van der Waals surface area (Å²) in [6.07, 6.45) is 0.924. The molecule has 0 spiro atoms. The molecule has 0 saturated heterocycles. The third-order valence-electron chi connectivity index (χ3n) is 3.32. The first kappa shape index (κ1) is 20.2. The number of aromatic nitrogens is 1. The molecule has 0 unspecified atom stereocenters. The summed E-state index contributed by atoms with van der Waals surface area (Å²) in [6, 6.07) is 7.91. The molecule has 1 aromatic carbocycles. The van der Waals surface area contributed by atoms with E-state index in [2.05, 4.69) is 27.5 Å². The van der Waals surface area contributed by atoms with Crippen molar-refractivity contribution in [1.82, 2.24) is 15.6 Å². The van der Waals surface area contributed by atoms with Gasteiger partial charge in [-0.25, -0.2) is 4.98 Å². The molecule has 0 fully saturated rings. The van der Waals surface area contributed by atoms with E-state index < -0.39 is 0 Å². The molecule has 0 aliphatic rings. The summed E-state index contributed by atoms with van der Waals surface area (Å²) in [5.74, 6) is 0.791. The average molecular weight is 465 g/mol. The van der Waals surface area contributed by atoms with Gasteiger partial charge in [-0.2, -0.15) is 0 Å². The lowest BCUT2D eigenvalue weighted by atomic mass is 10.1. The number of benzene rings is 1. The third kappa shape index (κ3) is 6.64. The Morgan fingerprint density at radius 3 is 2.48 bits per heavy atom. The predicted molar refractivity (Wildman–Crippen MR) is 110 cm³/mol. The van der Waals surface area contributed by atoms with E-state index in [9.17, 15) is 0 Å². The maximum atomic E-state index is 5.88. The molecule has 0 atom stereocenters. The second-order valence-electron chi connectivity index (χ2n) is 4.98. The standard InChI is InChI=1S/C16H21ClN4S.HI/c1-11-12(2)22-15(21-11)10-20-16(18-3)19-9-8-13-4-6-14(17)7-5-13;/h4-7H,8-10H2,1-3H3,(H2,18,19,20);1H. The fraction of sp³-hybridized carbons (Fsp3) is 0.375. The van der Waals surface area contributed by atoms with Crippen LogP contribution in [0.25, 0.3) is 0 Å². The summed E-state index contributed by atoms with van der Waals surface area (Å²) < 4.78 is 0. The van der Waals surface area contributed by atoms with Crippen molar-refractivity contribution in [2.24, 2.45) is 4.99 Å². The minimum absolute atomic E-state index is 0. The minimum Gasteiger partial charge on any atom is -0.356 e. The van der Waals surface area contributed by atoms with Gasteiger partial charge in [0.15, 0.2) is 5.96 Å². The summed E-state index contributed by atoms with van der Waals surface area (Å²) in [5, 5.41) is 8.44. The van der Waals surface area contributed by atoms with Gasteiger partial charge in [-0.05, 0) is 38.0 Å². The number of nitrogens with zero attached hydrogens (tertiary/aromatic N) is 2. The zero-order chi connectivity index (χ0) is 15.9. The maximum absolute atomic E-state index is 5.88. The van der Waals surface area contributed by atoms with Gasteiger partial charge in [0, 0.05) is 23.5 Å². The van der Waals surface area contributed by atoms with Gasteiger partial charge < -0.3 is 10.6 Å². The molecule has 0 amide bonds. The van der Waals surface area contributed by atoms with Crippen molar-refractivity contribution in [3.63, 3.8) is 0 Å². The van der Waals surface area contributed by atoms with E-state index in [1.807, 2.05) is 31.2 Å². The van der Waals surface area contributed by atoms with Crippen LogP contribution in [0.2, 0.25) is 5.02 Å². The van der Waals surface area contributed by atoms with Crippen molar-refractivity contribution in [3.05, 3.63) is 50.4 Å². The lowest BCUT2D eigenvalue weighted by molar-refractivity contribution is 0.790. The van der Waals surface area contributed by atoms with Gasteiger partial charge in [-0.1, -0.05) is 23.7 Å². The molecular formula is C16H22ClIN4S. The van der Waals surface area contributed by atoms with Crippen molar-refractivity contribution in [2.45, 2.75) is 26.8 Å². The first-order valence-electron chi connectivity index (χ1n) is 7.20. The molecule has 2 rings (SSSR count). The molecule has 23 heavy (non-hydrogen) atoms. The lowest BCUT2D eigenvalue weighted by Gasteiger charge is -2.10. The molecule has 0 bridgehead atoms. The second-order valence-corrected chi connectivity index (χ2v) is 6.70. The molecule has 7 heteroatoms. The number of aryl methyl sites for hydroxylation is 2. The minimum atomic E-state index is 0. The Morgan fingerprint density at radius 2 is 1.91 bits per heavy atom. The summed E-state index contributed by atoms with van der Waals surface area (Å²) in [7, 11) is 1.77. The number of guanidine groups is 1. The largest absolute Gasteiger partial charge is 0.356 e. The van der Waals surface area contributed by atoms with Crippen LogP contribution in [0.15, 0.2) is 29.3 Å².